The van der Waals surface area contributed by atoms with Gasteiger partial charge in [0, 0.05) is 17.3 Å². The summed E-state index contributed by atoms with van der Waals surface area (Å²) in [6, 6.07) is 3.42. The van der Waals surface area contributed by atoms with E-state index in [1.165, 1.54) is 12.1 Å². The Kier molecular flexibility index (Phi) is 3.62. The molecule has 0 spiro atoms. The van der Waals surface area contributed by atoms with Gasteiger partial charge in [-0.15, -0.1) is 13.2 Å². The molecule has 1 rings (SSSR count). The van der Waals surface area contributed by atoms with Gasteiger partial charge < -0.3 is 15.6 Å². The van der Waals surface area contributed by atoms with Crippen molar-refractivity contribution < 1.29 is 27.8 Å². The molecule has 0 amide bonds. The average Bonchev–Trinajstić information content (AvgIpc) is 2.16. The first-order valence-corrected chi connectivity index (χ1v) is 4.34. The normalized spacial score (nSPS) is 11.7. The van der Waals surface area contributed by atoms with Crippen molar-refractivity contribution in [3.8, 4) is 5.75 Å². The number of halogens is 3. The van der Waals surface area contributed by atoms with E-state index in [1.807, 2.05) is 0 Å². The van der Waals surface area contributed by atoms with Gasteiger partial charge in [-0.2, -0.15) is 0 Å². The van der Waals surface area contributed by atoms with Crippen molar-refractivity contribution in [2.75, 3.05) is 5.73 Å². The number of hydrogen-bond donors (Lipinski definition) is 2. The van der Waals surface area contributed by atoms with Crippen molar-refractivity contribution in [2.45, 2.75) is 6.36 Å². The summed E-state index contributed by atoms with van der Waals surface area (Å²) in [5.41, 5.74) is 5.51. The summed E-state index contributed by atoms with van der Waals surface area (Å²) in [7, 11) is 0. The van der Waals surface area contributed by atoms with Gasteiger partial charge in [-0.05, 0) is 24.3 Å². The fourth-order valence-corrected chi connectivity index (χ4v) is 1.08. The fourth-order valence-electron chi connectivity index (χ4n) is 1.08. The number of carbonyl (C=O) groups is 1. The van der Waals surface area contributed by atoms with Gasteiger partial charge in [0.2, 0.25) is 0 Å². The van der Waals surface area contributed by atoms with Gasteiger partial charge in [-0.25, -0.2) is 4.79 Å². The Bertz CT molecular complexity index is 455. The lowest BCUT2D eigenvalue weighted by molar-refractivity contribution is -0.274. The standard InChI is InChI=1S/C10H8F3NO3/c11-10(12,13)17-8-3-2-7(14)5-6(8)1-4-9(15)16/h1-5H,14H2,(H,15,16). The maximum Gasteiger partial charge on any atom is 0.573 e. The summed E-state index contributed by atoms with van der Waals surface area (Å²) in [5.74, 6) is -1.80. The average molecular weight is 247 g/mol. The van der Waals surface area contributed by atoms with E-state index in [1.54, 1.807) is 0 Å². The van der Waals surface area contributed by atoms with Gasteiger partial charge in [0.15, 0.2) is 0 Å². The molecule has 17 heavy (non-hydrogen) atoms. The molecule has 0 heterocycles. The molecule has 0 aliphatic rings. The molecular formula is C10H8F3NO3. The van der Waals surface area contributed by atoms with Gasteiger partial charge in [0.05, 0.1) is 0 Å². The zero-order valence-corrected chi connectivity index (χ0v) is 8.36. The first-order valence-electron chi connectivity index (χ1n) is 4.34. The lowest BCUT2D eigenvalue weighted by atomic mass is 10.1. The highest BCUT2D eigenvalue weighted by molar-refractivity contribution is 5.86. The van der Waals surface area contributed by atoms with Crippen molar-refractivity contribution in [1.29, 1.82) is 0 Å². The molecule has 4 nitrogen and oxygen atoms in total. The zero-order valence-electron chi connectivity index (χ0n) is 8.36. The minimum absolute atomic E-state index is 0.0651. The monoisotopic (exact) mass is 247 g/mol. The van der Waals surface area contributed by atoms with Crippen LogP contribution in [-0.2, 0) is 4.79 Å². The van der Waals surface area contributed by atoms with Gasteiger partial charge in [-0.1, -0.05) is 0 Å². The van der Waals surface area contributed by atoms with Crippen LogP contribution in [0.4, 0.5) is 18.9 Å². The smallest absolute Gasteiger partial charge is 0.478 e. The molecule has 0 bridgehead atoms. The van der Waals surface area contributed by atoms with Gasteiger partial charge in [-0.3, -0.25) is 0 Å². The van der Waals surface area contributed by atoms with E-state index in [0.717, 1.165) is 12.1 Å². The maximum atomic E-state index is 12.0. The van der Waals surface area contributed by atoms with Crippen LogP contribution in [0.15, 0.2) is 24.3 Å². The second kappa shape index (κ2) is 4.77. The molecule has 7 heteroatoms. The van der Waals surface area contributed by atoms with Crippen LogP contribution >= 0.6 is 0 Å². The van der Waals surface area contributed by atoms with Crippen LogP contribution < -0.4 is 10.5 Å². The number of alkyl halides is 3. The Morgan fingerprint density at radius 1 is 1.41 bits per heavy atom. The van der Waals surface area contributed by atoms with Crippen LogP contribution in [0.5, 0.6) is 5.75 Å². The Hall–Kier alpha value is -2.18. The predicted octanol–water partition coefficient (Wildman–Crippen LogP) is 2.27. The molecule has 0 aliphatic carbocycles. The number of anilines is 1. The van der Waals surface area contributed by atoms with E-state index in [2.05, 4.69) is 4.74 Å². The van der Waals surface area contributed by atoms with E-state index >= 15 is 0 Å². The number of nitrogen functional groups attached to an aromatic ring is 1. The minimum atomic E-state index is -4.85. The van der Waals surface area contributed by atoms with Crippen molar-refractivity contribution in [2.24, 2.45) is 0 Å². The first-order chi connectivity index (χ1) is 7.78. The maximum absolute atomic E-state index is 12.0. The number of carboxylic acid groups (broad SMARTS) is 1. The van der Waals surface area contributed by atoms with Crippen LogP contribution in [0.25, 0.3) is 6.08 Å². The lowest BCUT2D eigenvalue weighted by Crippen LogP contribution is -2.17. The second-order valence-corrected chi connectivity index (χ2v) is 3.02. The van der Waals surface area contributed by atoms with Crippen molar-refractivity contribution in [3.05, 3.63) is 29.8 Å². The number of aliphatic carboxylic acids is 1. The summed E-state index contributed by atoms with van der Waals surface area (Å²) in [6.45, 7) is 0. The minimum Gasteiger partial charge on any atom is -0.478 e. The van der Waals surface area contributed by atoms with Gasteiger partial charge in [0.25, 0.3) is 0 Å². The molecule has 92 valence electrons. The Balaban J connectivity index is 3.08. The molecule has 0 atom stereocenters. The first kappa shape index (κ1) is 12.9. The number of hydrogen-bond acceptors (Lipinski definition) is 3. The molecule has 0 aliphatic heterocycles. The quantitative estimate of drug-likeness (QED) is 0.634. The summed E-state index contributed by atoms with van der Waals surface area (Å²) >= 11 is 0. The Morgan fingerprint density at radius 3 is 2.59 bits per heavy atom. The summed E-state index contributed by atoms with van der Waals surface area (Å²) < 4.78 is 39.8. The Labute approximate surface area is 94.1 Å². The molecule has 0 aromatic heterocycles. The van der Waals surface area contributed by atoms with Crippen LogP contribution in [0.2, 0.25) is 0 Å². The van der Waals surface area contributed by atoms with Crippen molar-refractivity contribution in [1.82, 2.24) is 0 Å². The molecule has 0 unspecified atom stereocenters. The van der Waals surface area contributed by atoms with Crippen LogP contribution in [0.1, 0.15) is 5.56 Å². The zero-order chi connectivity index (χ0) is 13.1. The number of carboxylic acids is 1. The van der Waals surface area contributed by atoms with E-state index in [-0.39, 0.29) is 11.3 Å². The SMILES string of the molecule is Nc1ccc(OC(F)(F)F)c(C=CC(=O)O)c1. The van der Waals surface area contributed by atoms with E-state index < -0.39 is 18.1 Å². The van der Waals surface area contributed by atoms with Crippen LogP contribution in [0, 0.1) is 0 Å². The number of nitrogens with two attached hydrogens (primary N) is 1. The van der Waals surface area contributed by atoms with E-state index in [9.17, 15) is 18.0 Å². The van der Waals surface area contributed by atoms with E-state index in [0.29, 0.717) is 6.08 Å². The third-order valence-electron chi connectivity index (χ3n) is 1.66. The lowest BCUT2D eigenvalue weighted by Gasteiger charge is -2.11. The topological polar surface area (TPSA) is 72.5 Å². The van der Waals surface area contributed by atoms with E-state index in [4.69, 9.17) is 10.8 Å². The van der Waals surface area contributed by atoms with Crippen LogP contribution in [0.3, 0.4) is 0 Å². The predicted molar refractivity (Wildman–Crippen MR) is 54.2 cm³/mol. The van der Waals surface area contributed by atoms with Gasteiger partial charge in [0.1, 0.15) is 5.75 Å². The largest absolute Gasteiger partial charge is 0.573 e. The highest BCUT2D eigenvalue weighted by Crippen LogP contribution is 2.28. The Morgan fingerprint density at radius 2 is 2.06 bits per heavy atom. The molecule has 0 fully saturated rings. The molecule has 0 saturated carbocycles. The third-order valence-corrected chi connectivity index (χ3v) is 1.66. The second-order valence-electron chi connectivity index (χ2n) is 3.02. The van der Waals surface area contributed by atoms with Gasteiger partial charge >= 0.3 is 12.3 Å². The summed E-state index contributed by atoms with van der Waals surface area (Å²) in [4.78, 5) is 10.3. The molecule has 0 saturated heterocycles. The molecular weight excluding hydrogens is 239 g/mol. The van der Waals surface area contributed by atoms with Crippen LogP contribution in [-0.4, -0.2) is 17.4 Å². The number of ether oxygens (including phenoxy) is 1. The molecule has 1 aromatic rings. The fraction of sp³-hybridized carbons (Fsp3) is 0.100. The third kappa shape index (κ3) is 4.45. The summed E-state index contributed by atoms with van der Waals surface area (Å²) in [6.07, 6.45) is -3.18. The molecule has 1 aromatic carbocycles. The van der Waals surface area contributed by atoms with Crippen molar-refractivity contribution in [3.63, 3.8) is 0 Å². The highest BCUT2D eigenvalue weighted by atomic mass is 19.4. The molecule has 3 N–H and O–H groups in total. The number of benzene rings is 1. The summed E-state index contributed by atoms with van der Waals surface area (Å²) in [5, 5.41) is 8.39. The molecule has 0 radical (unpaired) electrons. The number of rotatable bonds is 3. The highest BCUT2D eigenvalue weighted by Gasteiger charge is 2.31. The van der Waals surface area contributed by atoms with Crippen molar-refractivity contribution >= 4 is 17.7 Å².